The van der Waals surface area contributed by atoms with Crippen molar-refractivity contribution < 1.29 is 19.1 Å². The highest BCUT2D eigenvalue weighted by Gasteiger charge is 2.28. The van der Waals surface area contributed by atoms with Crippen molar-refractivity contribution in [2.45, 2.75) is 31.3 Å². The largest absolute Gasteiger partial charge is 0.488 e. The van der Waals surface area contributed by atoms with Gasteiger partial charge in [-0.1, -0.05) is 30.3 Å². The van der Waals surface area contributed by atoms with Crippen LogP contribution in [0.4, 0.5) is 0 Å². The van der Waals surface area contributed by atoms with Crippen LogP contribution in [0.25, 0.3) is 0 Å². The molecule has 1 aliphatic rings. The number of nitrogens with one attached hydrogen (secondary N) is 2. The first-order valence-electron chi connectivity index (χ1n) is 8.19. The van der Waals surface area contributed by atoms with Crippen LogP contribution in [0.15, 0.2) is 30.9 Å². The summed E-state index contributed by atoms with van der Waals surface area (Å²) in [5, 5.41) is 6.31. The molecule has 136 valence electrons. The molecule has 2 N–H and O–H groups in total. The monoisotopic (exact) mass is 366 g/mol. The van der Waals surface area contributed by atoms with Gasteiger partial charge in [-0.15, -0.1) is 0 Å². The summed E-state index contributed by atoms with van der Waals surface area (Å²) in [6.07, 6.45) is 3.63. The Morgan fingerprint density at radius 2 is 2.32 bits per heavy atom. The van der Waals surface area contributed by atoms with E-state index >= 15 is 0 Å². The van der Waals surface area contributed by atoms with Crippen molar-refractivity contribution in [1.29, 1.82) is 0 Å². The zero-order valence-corrected chi connectivity index (χ0v) is 15.0. The lowest BCUT2D eigenvalue weighted by Crippen LogP contribution is -2.49. The molecule has 2 atom stereocenters. The fourth-order valence-electron chi connectivity index (χ4n) is 2.69. The van der Waals surface area contributed by atoms with Gasteiger partial charge >= 0.3 is 5.97 Å². The third-order valence-corrected chi connectivity index (χ3v) is 4.27. The Balaban J connectivity index is 2.05. The van der Waals surface area contributed by atoms with Crippen LogP contribution in [-0.4, -0.2) is 44.2 Å². The number of methoxy groups -OCH3 is 1. The number of esters is 1. The number of carbonyl (C=O) groups is 2. The molecule has 0 radical (unpaired) electrons. The first kappa shape index (κ1) is 19.3. The number of amides is 1. The molecule has 25 heavy (non-hydrogen) atoms. The Morgan fingerprint density at radius 3 is 2.92 bits per heavy atom. The van der Waals surface area contributed by atoms with Gasteiger partial charge in [0.2, 0.25) is 5.91 Å². The second kappa shape index (κ2) is 9.44. The number of hydrogen-bond donors (Lipinski definition) is 2. The number of ether oxygens (including phenoxy) is 2. The average molecular weight is 367 g/mol. The van der Waals surface area contributed by atoms with Gasteiger partial charge in [-0.3, -0.25) is 4.79 Å². The molecule has 7 heteroatoms. The van der Waals surface area contributed by atoms with Gasteiger partial charge in [0, 0.05) is 6.42 Å². The molecule has 0 saturated carbocycles. The molecule has 2 rings (SSSR count). The van der Waals surface area contributed by atoms with E-state index in [-0.39, 0.29) is 18.4 Å². The van der Waals surface area contributed by atoms with E-state index in [9.17, 15) is 9.59 Å². The SMILES string of the molecule is C=CCOc1ccc(C[C@H](NC(=O)[C@@H]2CCCN2)C(=O)OC)cc1Cl. The van der Waals surface area contributed by atoms with Gasteiger partial charge in [0.05, 0.1) is 18.2 Å². The summed E-state index contributed by atoms with van der Waals surface area (Å²) in [5.41, 5.74) is 0.797. The standard InChI is InChI=1S/C18H23ClN2O4/c1-3-9-25-16-7-6-12(10-13(16)19)11-15(18(23)24-2)21-17(22)14-5-4-8-20-14/h3,6-7,10,14-15,20H,1,4-5,8-9,11H2,2H3,(H,21,22)/t14-,15-/m0/s1. The van der Waals surface area contributed by atoms with E-state index in [4.69, 9.17) is 21.1 Å². The molecule has 6 nitrogen and oxygen atoms in total. The summed E-state index contributed by atoms with van der Waals surface area (Å²) >= 11 is 6.20. The Hall–Kier alpha value is -2.05. The molecule has 1 aliphatic heterocycles. The topological polar surface area (TPSA) is 76.7 Å². The summed E-state index contributed by atoms with van der Waals surface area (Å²) < 4.78 is 10.2. The van der Waals surface area contributed by atoms with E-state index in [0.29, 0.717) is 17.4 Å². The molecule has 0 aliphatic carbocycles. The lowest BCUT2D eigenvalue weighted by Gasteiger charge is -2.19. The Labute approximate surface area is 152 Å². The second-order valence-corrected chi connectivity index (χ2v) is 6.21. The summed E-state index contributed by atoms with van der Waals surface area (Å²) in [6, 6.07) is 4.23. The van der Waals surface area contributed by atoms with Crippen molar-refractivity contribution in [1.82, 2.24) is 10.6 Å². The van der Waals surface area contributed by atoms with Crippen molar-refractivity contribution in [3.8, 4) is 5.75 Å². The molecule has 1 saturated heterocycles. The average Bonchev–Trinajstić information content (AvgIpc) is 3.14. The maximum Gasteiger partial charge on any atom is 0.328 e. The highest BCUT2D eigenvalue weighted by Crippen LogP contribution is 2.26. The first-order valence-corrected chi connectivity index (χ1v) is 8.56. The Bertz CT molecular complexity index is 630. The molecular weight excluding hydrogens is 344 g/mol. The summed E-state index contributed by atoms with van der Waals surface area (Å²) in [5.74, 6) is -0.140. The van der Waals surface area contributed by atoms with E-state index < -0.39 is 12.0 Å². The Kier molecular flexibility index (Phi) is 7.28. The van der Waals surface area contributed by atoms with E-state index in [1.807, 2.05) is 0 Å². The normalized spacial score (nSPS) is 17.6. The van der Waals surface area contributed by atoms with Crippen LogP contribution in [-0.2, 0) is 20.7 Å². The fraction of sp³-hybridized carbons (Fsp3) is 0.444. The van der Waals surface area contributed by atoms with Gasteiger partial charge in [-0.05, 0) is 37.1 Å². The molecule has 1 heterocycles. The predicted octanol–water partition coefficient (Wildman–Crippen LogP) is 1.86. The molecule has 0 spiro atoms. The first-order chi connectivity index (χ1) is 12.0. The van der Waals surface area contributed by atoms with E-state index in [0.717, 1.165) is 24.9 Å². The number of rotatable bonds is 8. The van der Waals surface area contributed by atoms with Crippen LogP contribution in [0.3, 0.4) is 0 Å². The molecule has 1 aromatic rings. The fourth-order valence-corrected chi connectivity index (χ4v) is 2.95. The van der Waals surface area contributed by atoms with Crippen LogP contribution in [0.2, 0.25) is 5.02 Å². The molecule has 0 aromatic heterocycles. The lowest BCUT2D eigenvalue weighted by atomic mass is 10.0. The quantitative estimate of drug-likeness (QED) is 0.542. The highest BCUT2D eigenvalue weighted by molar-refractivity contribution is 6.32. The van der Waals surface area contributed by atoms with Crippen molar-refractivity contribution in [3.63, 3.8) is 0 Å². The third kappa shape index (κ3) is 5.47. The van der Waals surface area contributed by atoms with E-state index in [1.54, 1.807) is 24.3 Å². The van der Waals surface area contributed by atoms with Crippen LogP contribution < -0.4 is 15.4 Å². The van der Waals surface area contributed by atoms with Crippen molar-refractivity contribution >= 4 is 23.5 Å². The molecule has 0 bridgehead atoms. The minimum absolute atomic E-state index is 0.190. The van der Waals surface area contributed by atoms with Crippen LogP contribution in [0.5, 0.6) is 5.75 Å². The smallest absolute Gasteiger partial charge is 0.328 e. The number of halogens is 1. The molecule has 0 unspecified atom stereocenters. The van der Waals surface area contributed by atoms with Gasteiger partial charge in [-0.25, -0.2) is 4.79 Å². The van der Waals surface area contributed by atoms with Crippen LogP contribution in [0.1, 0.15) is 18.4 Å². The molecular formula is C18H23ClN2O4. The number of benzene rings is 1. The molecule has 1 aromatic carbocycles. The Morgan fingerprint density at radius 1 is 1.52 bits per heavy atom. The van der Waals surface area contributed by atoms with Gasteiger partial charge in [0.15, 0.2) is 0 Å². The van der Waals surface area contributed by atoms with Crippen LogP contribution in [0, 0.1) is 0 Å². The van der Waals surface area contributed by atoms with Crippen molar-refractivity contribution in [3.05, 3.63) is 41.4 Å². The van der Waals surface area contributed by atoms with Gasteiger partial charge in [0.1, 0.15) is 18.4 Å². The number of hydrogen-bond acceptors (Lipinski definition) is 5. The van der Waals surface area contributed by atoms with Gasteiger partial charge < -0.3 is 20.1 Å². The summed E-state index contributed by atoms with van der Waals surface area (Å²) in [7, 11) is 1.30. The highest BCUT2D eigenvalue weighted by atomic mass is 35.5. The lowest BCUT2D eigenvalue weighted by molar-refractivity contribution is -0.145. The van der Waals surface area contributed by atoms with E-state index in [2.05, 4.69) is 17.2 Å². The van der Waals surface area contributed by atoms with Gasteiger partial charge in [-0.2, -0.15) is 0 Å². The molecule has 1 fully saturated rings. The third-order valence-electron chi connectivity index (χ3n) is 3.97. The summed E-state index contributed by atoms with van der Waals surface area (Å²) in [6.45, 7) is 4.75. The maximum atomic E-state index is 12.3. The second-order valence-electron chi connectivity index (χ2n) is 5.80. The number of carbonyl (C=O) groups excluding carboxylic acids is 2. The predicted molar refractivity (Wildman–Crippen MR) is 95.8 cm³/mol. The summed E-state index contributed by atoms with van der Waals surface area (Å²) in [4.78, 5) is 24.3. The zero-order valence-electron chi connectivity index (χ0n) is 14.2. The van der Waals surface area contributed by atoms with Crippen molar-refractivity contribution in [2.75, 3.05) is 20.3 Å². The van der Waals surface area contributed by atoms with Crippen LogP contribution >= 0.6 is 11.6 Å². The minimum atomic E-state index is -0.768. The molecule has 1 amide bonds. The zero-order chi connectivity index (χ0) is 18.2. The maximum absolute atomic E-state index is 12.3. The van der Waals surface area contributed by atoms with E-state index in [1.165, 1.54) is 7.11 Å². The minimum Gasteiger partial charge on any atom is -0.488 e. The van der Waals surface area contributed by atoms with Crippen molar-refractivity contribution in [2.24, 2.45) is 0 Å². The van der Waals surface area contributed by atoms with Gasteiger partial charge in [0.25, 0.3) is 0 Å².